The van der Waals surface area contributed by atoms with Crippen LogP contribution in [0.1, 0.15) is 36.4 Å². The summed E-state index contributed by atoms with van der Waals surface area (Å²) in [6.45, 7) is 3.53. The fourth-order valence-corrected chi connectivity index (χ4v) is 2.58. The van der Waals surface area contributed by atoms with Gasteiger partial charge in [-0.25, -0.2) is 0 Å². The molecule has 88 valence electrons. The van der Waals surface area contributed by atoms with Gasteiger partial charge in [0, 0.05) is 6.42 Å². The number of aliphatic carboxylic acids is 1. The third-order valence-corrected chi connectivity index (χ3v) is 3.52. The molecule has 0 saturated carbocycles. The van der Waals surface area contributed by atoms with E-state index in [1.807, 2.05) is 0 Å². The van der Waals surface area contributed by atoms with Gasteiger partial charge in [0.2, 0.25) is 0 Å². The molecule has 0 aliphatic heterocycles. The van der Waals surface area contributed by atoms with E-state index in [4.69, 9.17) is 16.7 Å². The Hall–Kier alpha value is -0.870. The van der Waals surface area contributed by atoms with E-state index in [1.165, 1.54) is 11.3 Å². The number of carboxylic acid groups (broad SMARTS) is 1. The highest BCUT2D eigenvalue weighted by atomic mass is 35.5. The van der Waals surface area contributed by atoms with E-state index in [1.54, 1.807) is 25.3 Å². The Bertz CT molecular complexity index is 409. The van der Waals surface area contributed by atoms with Crippen LogP contribution in [-0.2, 0) is 4.79 Å². The van der Waals surface area contributed by atoms with E-state index in [2.05, 4.69) is 0 Å². The number of thiophene rings is 1. The summed E-state index contributed by atoms with van der Waals surface area (Å²) in [6, 6.07) is 1.67. The molecule has 3 nitrogen and oxygen atoms in total. The molecule has 0 bridgehead atoms. The van der Waals surface area contributed by atoms with Crippen LogP contribution < -0.4 is 0 Å². The average Bonchev–Trinajstić information content (AvgIpc) is 2.47. The van der Waals surface area contributed by atoms with Gasteiger partial charge in [0.25, 0.3) is 0 Å². The first-order valence-electron chi connectivity index (χ1n) is 4.80. The Morgan fingerprint density at radius 1 is 1.44 bits per heavy atom. The molecule has 0 aromatic carbocycles. The summed E-state index contributed by atoms with van der Waals surface area (Å²) in [5, 5.41) is 10.9. The second kappa shape index (κ2) is 4.97. The fraction of sp³-hybridized carbons (Fsp3) is 0.455. The van der Waals surface area contributed by atoms with Gasteiger partial charge in [0.1, 0.15) is 0 Å². The van der Waals surface area contributed by atoms with Crippen LogP contribution in [0.4, 0.5) is 0 Å². The molecule has 0 radical (unpaired) electrons. The van der Waals surface area contributed by atoms with Crippen LogP contribution in [0.5, 0.6) is 0 Å². The zero-order chi connectivity index (χ0) is 12.3. The van der Waals surface area contributed by atoms with Crippen molar-refractivity contribution in [1.29, 1.82) is 0 Å². The van der Waals surface area contributed by atoms with Crippen molar-refractivity contribution in [3.63, 3.8) is 0 Å². The van der Waals surface area contributed by atoms with E-state index >= 15 is 0 Å². The molecule has 0 atom stereocenters. The number of rotatable bonds is 5. The molecule has 5 heteroatoms. The lowest BCUT2D eigenvalue weighted by Crippen LogP contribution is -2.20. The maximum absolute atomic E-state index is 11.9. The van der Waals surface area contributed by atoms with Crippen molar-refractivity contribution in [1.82, 2.24) is 0 Å². The van der Waals surface area contributed by atoms with E-state index < -0.39 is 11.4 Å². The van der Waals surface area contributed by atoms with Crippen LogP contribution in [0.3, 0.4) is 0 Å². The third-order valence-electron chi connectivity index (χ3n) is 2.14. The molecule has 16 heavy (non-hydrogen) atoms. The first-order chi connectivity index (χ1) is 7.32. The minimum absolute atomic E-state index is 0.0261. The van der Waals surface area contributed by atoms with E-state index in [0.29, 0.717) is 9.90 Å². The van der Waals surface area contributed by atoms with Gasteiger partial charge in [0.15, 0.2) is 5.78 Å². The molecule has 1 N–H and O–H groups in total. The number of carbonyl (C=O) groups is 2. The Balaban J connectivity index is 2.71. The van der Waals surface area contributed by atoms with E-state index in [9.17, 15) is 9.59 Å². The number of halogens is 1. The first kappa shape index (κ1) is 13.2. The molecule has 0 spiro atoms. The van der Waals surface area contributed by atoms with Gasteiger partial charge < -0.3 is 5.11 Å². The van der Waals surface area contributed by atoms with Crippen molar-refractivity contribution in [2.75, 3.05) is 0 Å². The van der Waals surface area contributed by atoms with Crippen LogP contribution in [-0.4, -0.2) is 16.9 Å². The monoisotopic (exact) mass is 260 g/mol. The summed E-state index contributed by atoms with van der Waals surface area (Å²) in [4.78, 5) is 23.0. The Labute approximate surface area is 103 Å². The number of hydrogen-bond acceptors (Lipinski definition) is 3. The number of ketones is 1. The number of Topliss-reactive ketones (excluding diaryl/α,β-unsaturated/α-hetero) is 1. The second-order valence-corrected chi connectivity index (χ2v) is 5.76. The lowest BCUT2D eigenvalue weighted by Gasteiger charge is -2.20. The molecular formula is C11H13ClO3S. The highest BCUT2D eigenvalue weighted by molar-refractivity contribution is 7.12. The number of hydrogen-bond donors (Lipinski definition) is 1. The lowest BCUT2D eigenvalue weighted by atomic mass is 9.84. The highest BCUT2D eigenvalue weighted by Crippen LogP contribution is 2.31. The van der Waals surface area contributed by atoms with E-state index in [0.717, 1.165) is 0 Å². The Morgan fingerprint density at radius 3 is 2.50 bits per heavy atom. The molecule has 0 unspecified atom stereocenters. The van der Waals surface area contributed by atoms with Crippen LogP contribution in [0, 0.1) is 5.41 Å². The molecule has 0 amide bonds. The standard InChI is InChI=1S/C11H13ClO3S/c1-11(2,6-9(14)15)5-8(13)10-7(12)3-4-16-10/h3-4H,5-6H2,1-2H3,(H,14,15). The smallest absolute Gasteiger partial charge is 0.303 e. The predicted molar refractivity (Wildman–Crippen MR) is 64.3 cm³/mol. The average molecular weight is 261 g/mol. The summed E-state index contributed by atoms with van der Waals surface area (Å²) in [6.07, 6.45) is 0.168. The largest absolute Gasteiger partial charge is 0.481 e. The maximum atomic E-state index is 11.9. The van der Waals surface area contributed by atoms with Crippen molar-refractivity contribution in [3.05, 3.63) is 21.3 Å². The SMILES string of the molecule is CC(C)(CC(=O)O)CC(=O)c1sccc1Cl. The summed E-state index contributed by atoms with van der Waals surface area (Å²) in [5.74, 6) is -0.985. The van der Waals surface area contributed by atoms with Crippen LogP contribution in [0.25, 0.3) is 0 Å². The molecule has 0 aliphatic rings. The Morgan fingerprint density at radius 2 is 2.06 bits per heavy atom. The third kappa shape index (κ3) is 3.61. The molecular weight excluding hydrogens is 248 g/mol. The zero-order valence-electron chi connectivity index (χ0n) is 9.12. The maximum Gasteiger partial charge on any atom is 0.303 e. The van der Waals surface area contributed by atoms with Crippen LogP contribution >= 0.6 is 22.9 Å². The molecule has 1 aromatic rings. The number of carboxylic acids is 1. The summed E-state index contributed by atoms with van der Waals surface area (Å²) < 4.78 is 0. The minimum Gasteiger partial charge on any atom is -0.481 e. The fourth-order valence-electron chi connectivity index (χ4n) is 1.48. The van der Waals surface area contributed by atoms with Gasteiger partial charge in [-0.3, -0.25) is 9.59 Å². The van der Waals surface area contributed by atoms with E-state index in [-0.39, 0.29) is 18.6 Å². The molecule has 1 aromatic heterocycles. The van der Waals surface area contributed by atoms with Gasteiger partial charge >= 0.3 is 5.97 Å². The minimum atomic E-state index is -0.893. The molecule has 0 aliphatic carbocycles. The lowest BCUT2D eigenvalue weighted by molar-refractivity contribution is -0.139. The van der Waals surface area contributed by atoms with Gasteiger partial charge in [-0.1, -0.05) is 25.4 Å². The van der Waals surface area contributed by atoms with Gasteiger partial charge in [0.05, 0.1) is 16.3 Å². The first-order valence-corrected chi connectivity index (χ1v) is 6.05. The quantitative estimate of drug-likeness (QED) is 0.825. The summed E-state index contributed by atoms with van der Waals surface area (Å²) >= 11 is 7.13. The molecule has 0 fully saturated rings. The highest BCUT2D eigenvalue weighted by Gasteiger charge is 2.27. The number of carbonyl (C=O) groups excluding carboxylic acids is 1. The van der Waals surface area contributed by atoms with Gasteiger partial charge in [-0.05, 0) is 16.9 Å². The van der Waals surface area contributed by atoms with Gasteiger partial charge in [-0.2, -0.15) is 0 Å². The van der Waals surface area contributed by atoms with Crippen molar-refractivity contribution in [2.45, 2.75) is 26.7 Å². The van der Waals surface area contributed by atoms with Crippen LogP contribution in [0.15, 0.2) is 11.4 Å². The normalized spacial score (nSPS) is 11.4. The Kier molecular flexibility index (Phi) is 4.10. The zero-order valence-corrected chi connectivity index (χ0v) is 10.7. The van der Waals surface area contributed by atoms with Crippen molar-refractivity contribution in [3.8, 4) is 0 Å². The predicted octanol–water partition coefficient (Wildman–Crippen LogP) is 3.48. The van der Waals surface area contributed by atoms with Crippen molar-refractivity contribution >= 4 is 34.7 Å². The molecule has 0 saturated heterocycles. The molecule has 1 rings (SSSR count). The second-order valence-electron chi connectivity index (χ2n) is 4.43. The molecule has 1 heterocycles. The van der Waals surface area contributed by atoms with Gasteiger partial charge in [-0.15, -0.1) is 11.3 Å². The summed E-state index contributed by atoms with van der Waals surface area (Å²) in [5.41, 5.74) is -0.545. The van der Waals surface area contributed by atoms with Crippen molar-refractivity contribution in [2.24, 2.45) is 5.41 Å². The van der Waals surface area contributed by atoms with Crippen LogP contribution in [0.2, 0.25) is 5.02 Å². The van der Waals surface area contributed by atoms with Crippen molar-refractivity contribution < 1.29 is 14.7 Å². The topological polar surface area (TPSA) is 54.4 Å². The summed E-state index contributed by atoms with van der Waals surface area (Å²) in [7, 11) is 0.